The van der Waals surface area contributed by atoms with Crippen molar-refractivity contribution in [2.24, 2.45) is 22.7 Å². The summed E-state index contributed by atoms with van der Waals surface area (Å²) < 4.78 is 35.2. The van der Waals surface area contributed by atoms with Crippen LogP contribution in [0.5, 0.6) is 0 Å². The fraction of sp³-hybridized carbons (Fsp3) is 1.00. The monoisotopic (exact) mass is 462 g/mol. The molecule has 174 valence electrons. The minimum Gasteiger partial charge on any atom is -0.381 e. The second-order valence-corrected chi connectivity index (χ2v) is 12.9. The van der Waals surface area contributed by atoms with E-state index in [0.717, 1.165) is 24.7 Å². The van der Waals surface area contributed by atoms with E-state index in [1.165, 1.54) is 38.5 Å². The summed E-state index contributed by atoms with van der Waals surface area (Å²) in [6.07, 6.45) is 10.5. The molecule has 4 fully saturated rings. The molecule has 0 amide bonds. The standard InChI is InChI=1S/C22H40O6P2/c1-21(2,17-5-9-19(23-3)10-6-17)18-7-11-20(12-8-18)28-30-26-15-22(16-27-30)13-24-29(4)25-14-22/h17-20H,5-16H2,1-4H3. The van der Waals surface area contributed by atoms with E-state index in [1.54, 1.807) is 0 Å². The summed E-state index contributed by atoms with van der Waals surface area (Å²) in [5, 5.41) is 0. The first-order valence-electron chi connectivity index (χ1n) is 11.7. The molecule has 2 aliphatic carbocycles. The van der Waals surface area contributed by atoms with Gasteiger partial charge in [-0.1, -0.05) is 13.8 Å². The highest BCUT2D eigenvalue weighted by atomic mass is 31.2. The maximum absolute atomic E-state index is 6.25. The van der Waals surface area contributed by atoms with Gasteiger partial charge < -0.3 is 27.4 Å². The Morgan fingerprint density at radius 1 is 0.733 bits per heavy atom. The summed E-state index contributed by atoms with van der Waals surface area (Å²) in [5.41, 5.74) is 0.249. The minimum atomic E-state index is -1.24. The molecule has 1 spiro atoms. The summed E-state index contributed by atoms with van der Waals surface area (Å²) >= 11 is 0. The van der Waals surface area contributed by atoms with Gasteiger partial charge in [0.1, 0.15) is 0 Å². The number of methoxy groups -OCH3 is 1. The van der Waals surface area contributed by atoms with Crippen LogP contribution in [0.3, 0.4) is 0 Å². The van der Waals surface area contributed by atoms with Gasteiger partial charge in [0.25, 0.3) is 0 Å². The van der Waals surface area contributed by atoms with Crippen LogP contribution < -0.4 is 0 Å². The van der Waals surface area contributed by atoms with E-state index in [-0.39, 0.29) is 11.5 Å². The van der Waals surface area contributed by atoms with Gasteiger partial charge in [-0.15, -0.1) is 0 Å². The number of rotatable bonds is 5. The summed E-state index contributed by atoms with van der Waals surface area (Å²) in [6.45, 7) is 9.53. The van der Waals surface area contributed by atoms with Crippen molar-refractivity contribution in [1.29, 1.82) is 0 Å². The summed E-state index contributed by atoms with van der Waals surface area (Å²) in [4.78, 5) is 0. The zero-order chi connectivity index (χ0) is 21.2. The largest absolute Gasteiger partial charge is 0.381 e. The Labute approximate surface area is 184 Å². The first kappa shape index (κ1) is 23.8. The Morgan fingerprint density at radius 2 is 1.20 bits per heavy atom. The molecule has 2 saturated carbocycles. The lowest BCUT2D eigenvalue weighted by atomic mass is 9.60. The van der Waals surface area contributed by atoms with Crippen molar-refractivity contribution in [3.8, 4) is 0 Å². The minimum absolute atomic E-state index is 0.152. The maximum Gasteiger partial charge on any atom is 0.332 e. The van der Waals surface area contributed by atoms with E-state index in [9.17, 15) is 0 Å². The lowest BCUT2D eigenvalue weighted by Gasteiger charge is -2.47. The summed E-state index contributed by atoms with van der Waals surface area (Å²) in [5.74, 6) is 1.60. The molecule has 0 aromatic carbocycles. The van der Waals surface area contributed by atoms with Crippen LogP contribution in [0.2, 0.25) is 0 Å². The highest BCUT2D eigenvalue weighted by molar-refractivity contribution is 7.46. The highest BCUT2D eigenvalue weighted by Crippen LogP contribution is 2.54. The zero-order valence-corrected chi connectivity index (χ0v) is 20.9. The fourth-order valence-electron chi connectivity index (χ4n) is 5.63. The Bertz CT molecular complexity index is 528. The molecule has 0 atom stereocenters. The molecule has 0 aromatic heterocycles. The topological polar surface area (TPSA) is 55.4 Å². The third-order valence-electron chi connectivity index (χ3n) is 8.08. The summed E-state index contributed by atoms with van der Waals surface area (Å²) in [7, 11) is -0.113. The molecular weight excluding hydrogens is 422 g/mol. The molecule has 0 radical (unpaired) electrons. The normalized spacial score (nSPS) is 43.6. The Morgan fingerprint density at radius 3 is 1.70 bits per heavy atom. The average Bonchev–Trinajstić information content (AvgIpc) is 2.78. The van der Waals surface area contributed by atoms with E-state index in [4.69, 9.17) is 27.4 Å². The van der Waals surface area contributed by atoms with Crippen molar-refractivity contribution in [3.05, 3.63) is 0 Å². The summed E-state index contributed by atoms with van der Waals surface area (Å²) in [6, 6.07) is 0. The van der Waals surface area contributed by atoms with Crippen LogP contribution in [0.4, 0.5) is 0 Å². The molecule has 0 aromatic rings. The van der Waals surface area contributed by atoms with Crippen LogP contribution >= 0.6 is 17.0 Å². The van der Waals surface area contributed by atoms with E-state index in [2.05, 4.69) is 13.8 Å². The van der Waals surface area contributed by atoms with Crippen LogP contribution in [-0.4, -0.2) is 52.4 Å². The van der Waals surface area contributed by atoms with Crippen LogP contribution in [-0.2, 0) is 27.4 Å². The van der Waals surface area contributed by atoms with Crippen molar-refractivity contribution in [3.63, 3.8) is 0 Å². The number of hydrogen-bond acceptors (Lipinski definition) is 6. The second kappa shape index (κ2) is 10.3. The van der Waals surface area contributed by atoms with Crippen molar-refractivity contribution in [2.75, 3.05) is 40.2 Å². The highest BCUT2D eigenvalue weighted by Gasteiger charge is 2.44. The van der Waals surface area contributed by atoms with Crippen LogP contribution in [0, 0.1) is 22.7 Å². The number of hydrogen-bond donors (Lipinski definition) is 0. The van der Waals surface area contributed by atoms with Crippen molar-refractivity contribution in [1.82, 2.24) is 0 Å². The first-order chi connectivity index (χ1) is 14.4. The van der Waals surface area contributed by atoms with Gasteiger partial charge in [-0.3, -0.25) is 0 Å². The zero-order valence-electron chi connectivity index (χ0n) is 19.1. The molecule has 30 heavy (non-hydrogen) atoms. The van der Waals surface area contributed by atoms with Crippen LogP contribution in [0.15, 0.2) is 0 Å². The molecule has 2 saturated heterocycles. The molecule has 0 bridgehead atoms. The Balaban J connectivity index is 1.19. The van der Waals surface area contributed by atoms with Gasteiger partial charge in [-0.05, 0) is 68.6 Å². The van der Waals surface area contributed by atoms with Gasteiger partial charge in [0, 0.05) is 13.8 Å². The maximum atomic E-state index is 6.25. The lowest BCUT2D eigenvalue weighted by molar-refractivity contribution is -0.0719. The van der Waals surface area contributed by atoms with Gasteiger partial charge in [0.05, 0.1) is 44.1 Å². The molecule has 0 unspecified atom stereocenters. The van der Waals surface area contributed by atoms with Gasteiger partial charge in [-0.2, -0.15) is 0 Å². The SMILES string of the molecule is COC1CCC(C(C)(C)C2CCC(OP3OCC4(COP(C)OC4)CO3)CC2)CC1. The van der Waals surface area contributed by atoms with E-state index in [1.807, 2.05) is 13.8 Å². The van der Waals surface area contributed by atoms with Crippen molar-refractivity contribution in [2.45, 2.75) is 77.4 Å². The van der Waals surface area contributed by atoms with Crippen LogP contribution in [0.1, 0.15) is 65.2 Å². The Hall–Kier alpha value is 0.620. The van der Waals surface area contributed by atoms with Gasteiger partial charge in [0.15, 0.2) is 8.38 Å². The molecule has 6 nitrogen and oxygen atoms in total. The smallest absolute Gasteiger partial charge is 0.332 e. The third kappa shape index (κ3) is 5.57. The molecule has 4 aliphatic rings. The van der Waals surface area contributed by atoms with Crippen LogP contribution in [0.25, 0.3) is 0 Å². The Kier molecular flexibility index (Phi) is 8.13. The predicted molar refractivity (Wildman–Crippen MR) is 119 cm³/mol. The van der Waals surface area contributed by atoms with Gasteiger partial charge in [0.2, 0.25) is 0 Å². The quantitative estimate of drug-likeness (QED) is 0.464. The average molecular weight is 463 g/mol. The lowest BCUT2D eigenvalue weighted by Crippen LogP contribution is -2.44. The second-order valence-electron chi connectivity index (χ2n) is 10.4. The van der Waals surface area contributed by atoms with E-state index >= 15 is 0 Å². The molecule has 2 heterocycles. The molecule has 0 N–H and O–H groups in total. The van der Waals surface area contributed by atoms with Gasteiger partial charge >= 0.3 is 8.60 Å². The van der Waals surface area contributed by atoms with Gasteiger partial charge in [-0.25, -0.2) is 0 Å². The molecular formula is C22H40O6P2. The predicted octanol–water partition coefficient (Wildman–Crippen LogP) is 6.04. The van der Waals surface area contributed by atoms with Crippen molar-refractivity contribution < 1.29 is 27.4 Å². The van der Waals surface area contributed by atoms with Crippen molar-refractivity contribution >= 4 is 17.0 Å². The molecule has 8 heteroatoms. The molecule has 2 aliphatic heterocycles. The van der Waals surface area contributed by atoms with E-state index < -0.39 is 17.0 Å². The third-order valence-corrected chi connectivity index (χ3v) is 10.2. The first-order valence-corrected chi connectivity index (χ1v) is 14.4. The number of ether oxygens (including phenoxy) is 1. The fourth-order valence-corrected chi connectivity index (χ4v) is 8.03. The van der Waals surface area contributed by atoms with E-state index in [0.29, 0.717) is 37.9 Å². The molecule has 4 rings (SSSR count).